The molecule has 0 amide bonds. The number of aliphatic hydroxyl groups is 19. The van der Waals surface area contributed by atoms with Gasteiger partial charge in [0.05, 0.1) is 56.9 Å². The maximum absolute atomic E-state index is 12.8. The van der Waals surface area contributed by atoms with Gasteiger partial charge in [0.15, 0.2) is 31.5 Å². The molecule has 29 nitrogen and oxygen atoms in total. The molecule has 0 aromatic heterocycles. The molecule has 0 radical (unpaired) electrons. The van der Waals surface area contributed by atoms with E-state index in [4.69, 9.17) is 47.4 Å². The summed E-state index contributed by atoms with van der Waals surface area (Å²) < 4.78 is 59.3. The zero-order chi connectivity index (χ0) is 65.5. The lowest BCUT2D eigenvalue weighted by molar-refractivity contribution is -0.380. The molecule has 29 heteroatoms. The fraction of sp³-hybridized carbons (Fsp3) is 0.967. The predicted octanol–water partition coefficient (Wildman–Crippen LogP) is -5.41. The van der Waals surface area contributed by atoms with Gasteiger partial charge in [-0.25, -0.2) is 0 Å². The summed E-state index contributed by atoms with van der Waals surface area (Å²) in [7, 11) is 0. The van der Waals surface area contributed by atoms with Crippen LogP contribution in [0.5, 0.6) is 0 Å². The quantitative estimate of drug-likeness (QED) is 0.0506. The van der Waals surface area contributed by atoms with Crippen molar-refractivity contribution in [1.29, 1.82) is 0 Å². The molecule has 10 unspecified atom stereocenters. The number of allylic oxidation sites excluding steroid dienone is 1. The second kappa shape index (κ2) is 27.6. The summed E-state index contributed by atoms with van der Waals surface area (Å²) in [5, 5.41) is 205. The van der Waals surface area contributed by atoms with E-state index in [0.717, 1.165) is 18.4 Å². The van der Waals surface area contributed by atoms with Crippen molar-refractivity contribution in [3.8, 4) is 0 Å². The zero-order valence-corrected chi connectivity index (χ0v) is 51.8. The van der Waals surface area contributed by atoms with Crippen LogP contribution in [0, 0.1) is 45.3 Å². The molecule has 9 aliphatic rings. The minimum Gasteiger partial charge on any atom is -0.394 e. The van der Waals surface area contributed by atoms with Crippen LogP contribution < -0.4 is 0 Å². The minimum atomic E-state index is -1.96. The number of fused-ring (bicyclic) bond motifs is 5. The molecular formula is C60H102O29. The Kier molecular flexibility index (Phi) is 22.3. The van der Waals surface area contributed by atoms with E-state index in [1.807, 2.05) is 13.8 Å². The minimum absolute atomic E-state index is 0.0310. The van der Waals surface area contributed by atoms with Crippen LogP contribution in [0.2, 0.25) is 0 Å². The first-order chi connectivity index (χ1) is 41.6. The molecule has 5 saturated heterocycles. The second-order valence-corrected chi connectivity index (χ2v) is 28.7. The van der Waals surface area contributed by atoms with Gasteiger partial charge in [-0.3, -0.25) is 0 Å². The van der Waals surface area contributed by atoms with E-state index < -0.39 is 227 Å². The molecule has 3 saturated carbocycles. The van der Waals surface area contributed by atoms with E-state index in [1.165, 1.54) is 13.8 Å². The average Bonchev–Trinajstić information content (AvgIpc) is 1.66. The lowest BCUT2D eigenvalue weighted by Gasteiger charge is -2.67. The van der Waals surface area contributed by atoms with E-state index >= 15 is 0 Å². The molecule has 516 valence electrons. The first-order valence-corrected chi connectivity index (χ1v) is 31.6. The smallest absolute Gasteiger partial charge is 0.187 e. The summed E-state index contributed by atoms with van der Waals surface area (Å²) in [5.41, 5.74) is -2.49. The molecule has 89 heavy (non-hydrogen) atoms. The third kappa shape index (κ3) is 13.1. The fourth-order valence-corrected chi connectivity index (χ4v) is 17.0. The van der Waals surface area contributed by atoms with Crippen molar-refractivity contribution in [1.82, 2.24) is 0 Å². The largest absolute Gasteiger partial charge is 0.394 e. The van der Waals surface area contributed by atoms with Gasteiger partial charge in [0.1, 0.15) is 122 Å². The standard InChI is InChI=1S/C60H102O29/c1-23(9-13-35(57(4,5)79)88-55-50(89-54-49(78)43(72)38(67)29(20-63)84-54)45(74)40(69)31(86-55)22-81-52-47(76)42(71)37(66)28(19-62)83-52)24-15-16-58(6)32-12-10-25-26(60(32,8)33(64)17-59(24,58)7)11-14-34(56(25,2)3)87-53-48(77)44(73)39(68)30(85-53)21-80-51-46(75)41(70)36(65)27(18-61)82-51/h10,23-24,26-55,61-79H,9,11-22H2,1-8H3/t23-,24-,26-,27?,28?,29?,30?,31?,32+,33-,34+,35-,36-,37-,38-,39-,40-,41+,42+,43+,44+,45+,46?,47?,48?,49?,50?,51-,52-,53+,54+,55+,58+,59-,60+/m1/s1. The Labute approximate surface area is 517 Å². The summed E-state index contributed by atoms with van der Waals surface area (Å²) in [5.74, 6) is -0.0172. The van der Waals surface area contributed by atoms with Gasteiger partial charge >= 0.3 is 0 Å². The highest BCUT2D eigenvalue weighted by Crippen LogP contribution is 2.75. The molecule has 0 aromatic rings. The zero-order valence-electron chi connectivity index (χ0n) is 51.8. The van der Waals surface area contributed by atoms with Gasteiger partial charge < -0.3 is 144 Å². The van der Waals surface area contributed by atoms with E-state index in [0.29, 0.717) is 32.1 Å². The van der Waals surface area contributed by atoms with Crippen LogP contribution in [0.15, 0.2) is 11.6 Å². The summed E-state index contributed by atoms with van der Waals surface area (Å²) in [6.45, 7) is 12.6. The summed E-state index contributed by atoms with van der Waals surface area (Å²) in [6, 6.07) is 0. The Morgan fingerprint density at radius 2 is 0.955 bits per heavy atom. The van der Waals surface area contributed by atoms with Gasteiger partial charge in [0.2, 0.25) is 0 Å². The van der Waals surface area contributed by atoms with Crippen LogP contribution in [0.4, 0.5) is 0 Å². The topological polar surface area (TPSA) is 477 Å². The normalized spacial score (nSPS) is 51.8. The molecule has 19 N–H and O–H groups in total. The molecule has 0 spiro atoms. The highest BCUT2D eigenvalue weighted by molar-refractivity contribution is 5.32. The molecule has 4 aliphatic carbocycles. The lowest BCUT2D eigenvalue weighted by atomic mass is 9.38. The summed E-state index contributed by atoms with van der Waals surface area (Å²) in [6.07, 6.45) is -37.4. The highest BCUT2D eigenvalue weighted by Gasteiger charge is 2.70. The number of hydrogen-bond acceptors (Lipinski definition) is 29. The number of rotatable bonds is 20. The first kappa shape index (κ1) is 71.9. The van der Waals surface area contributed by atoms with Gasteiger partial charge in [-0.15, -0.1) is 0 Å². The first-order valence-electron chi connectivity index (χ1n) is 31.6. The van der Waals surface area contributed by atoms with Crippen molar-refractivity contribution in [2.45, 2.75) is 284 Å². The maximum atomic E-state index is 12.8. The molecule has 35 atom stereocenters. The third-order valence-electron chi connectivity index (χ3n) is 22.9. The molecule has 5 heterocycles. The van der Waals surface area contributed by atoms with E-state index in [9.17, 15) is 97.0 Å². The van der Waals surface area contributed by atoms with Gasteiger partial charge in [-0.1, -0.05) is 53.2 Å². The number of hydrogen-bond donors (Lipinski definition) is 19. The lowest BCUT2D eigenvalue weighted by Crippen LogP contribution is -2.65. The molecule has 0 bridgehead atoms. The van der Waals surface area contributed by atoms with Crippen molar-refractivity contribution < 1.29 is 144 Å². The Morgan fingerprint density at radius 3 is 1.45 bits per heavy atom. The maximum Gasteiger partial charge on any atom is 0.187 e. The molecule has 9 rings (SSSR count). The Balaban J connectivity index is 0.883. The fourth-order valence-electron chi connectivity index (χ4n) is 17.0. The van der Waals surface area contributed by atoms with Crippen LogP contribution in [-0.2, 0) is 47.4 Å². The van der Waals surface area contributed by atoms with Crippen molar-refractivity contribution in [2.75, 3.05) is 33.0 Å². The van der Waals surface area contributed by atoms with Gasteiger partial charge in [0, 0.05) is 10.8 Å². The molecule has 8 fully saturated rings. The van der Waals surface area contributed by atoms with Crippen LogP contribution in [0.1, 0.15) is 107 Å². The third-order valence-corrected chi connectivity index (χ3v) is 22.9. The van der Waals surface area contributed by atoms with Crippen molar-refractivity contribution in [3.05, 3.63) is 11.6 Å². The van der Waals surface area contributed by atoms with Crippen molar-refractivity contribution in [2.24, 2.45) is 45.3 Å². The summed E-state index contributed by atoms with van der Waals surface area (Å²) >= 11 is 0. The van der Waals surface area contributed by atoms with Gasteiger partial charge in [0.25, 0.3) is 0 Å². The predicted molar refractivity (Wildman–Crippen MR) is 300 cm³/mol. The van der Waals surface area contributed by atoms with Gasteiger partial charge in [-0.2, -0.15) is 0 Å². The van der Waals surface area contributed by atoms with Crippen molar-refractivity contribution in [3.63, 3.8) is 0 Å². The monoisotopic (exact) mass is 1290 g/mol. The highest BCUT2D eigenvalue weighted by atomic mass is 16.8. The van der Waals surface area contributed by atoms with Crippen LogP contribution in [-0.4, -0.2) is 308 Å². The Hall–Kier alpha value is -1.42. The number of ether oxygens (including phenoxy) is 10. The summed E-state index contributed by atoms with van der Waals surface area (Å²) in [4.78, 5) is 0. The van der Waals surface area contributed by atoms with Gasteiger partial charge in [-0.05, 0) is 99.7 Å². The van der Waals surface area contributed by atoms with E-state index in [1.54, 1.807) is 0 Å². The molecule has 0 aromatic carbocycles. The second-order valence-electron chi connectivity index (χ2n) is 28.7. The average molecular weight is 1290 g/mol. The molecule has 5 aliphatic heterocycles. The Morgan fingerprint density at radius 1 is 0.517 bits per heavy atom. The van der Waals surface area contributed by atoms with Crippen molar-refractivity contribution >= 4 is 0 Å². The van der Waals surface area contributed by atoms with E-state index in [2.05, 4.69) is 33.8 Å². The molecular weight excluding hydrogens is 1180 g/mol. The van der Waals surface area contributed by atoms with Crippen LogP contribution in [0.25, 0.3) is 0 Å². The Bertz CT molecular complexity index is 2340. The number of aliphatic hydroxyl groups excluding tert-OH is 18. The van der Waals surface area contributed by atoms with Crippen LogP contribution in [0.3, 0.4) is 0 Å². The van der Waals surface area contributed by atoms with Crippen LogP contribution >= 0.6 is 0 Å². The van der Waals surface area contributed by atoms with E-state index in [-0.39, 0.29) is 35.5 Å². The SMILES string of the molecule is C[C@H](CC[C@@H](O[C@@H]1OC(CO[C@@H]2OC(CO)[C@@H](O)[C@H](O)C2O)[C@@H](O)[C@H](O)C1O[C@@H]1OC(CO)[C@@H](O)[C@H](O)C1O)C(C)(C)O)[C@H]1CC[C@@]2(C)[C@@H]3CC=C4[C@@H](CC[C@H](O[C@@H]5OC(CO[C@@H]6OC(CO)[C@@H](O)[C@H](O)C6O)[C@@H](O)[C@H](O)C5O)C4(C)C)[C@]3(C)[C@H](O)C[C@]12C.